The number of carboxylic acids is 1. The van der Waals surface area contributed by atoms with Crippen molar-refractivity contribution in [3.8, 4) is 22.3 Å². The van der Waals surface area contributed by atoms with E-state index in [0.717, 1.165) is 22.3 Å². The first kappa shape index (κ1) is 16.4. The molecule has 2 heterocycles. The smallest absolute Gasteiger partial charge is 0.306 e. The number of aliphatic carboxylic acids is 1. The number of nitrogens with two attached hydrogens (primary N) is 1. The number of aromatic nitrogens is 2. The van der Waals surface area contributed by atoms with Crippen LogP contribution in [0.4, 0.5) is 0 Å². The Morgan fingerprint density at radius 3 is 2.08 bits per heavy atom. The standard InChI is InChI=1S/C19H17N3O3/c20-19(25)17(11-18(23)24)22-10-7-16(12-22)14-3-1-13(2-4-14)15-5-8-21-9-6-15/h1-10,12,17H,11H2,(H2,20,25)(H,23,24)/t17-/m1/s1. The highest BCUT2D eigenvalue weighted by molar-refractivity contribution is 5.83. The second kappa shape index (κ2) is 7.00. The number of hydrogen-bond acceptors (Lipinski definition) is 3. The predicted octanol–water partition coefficient (Wildman–Crippen LogP) is 2.72. The van der Waals surface area contributed by atoms with Crippen LogP contribution in [0.1, 0.15) is 12.5 Å². The molecule has 0 bridgehead atoms. The lowest BCUT2D eigenvalue weighted by atomic mass is 10.0. The fourth-order valence-electron chi connectivity index (χ4n) is 2.70. The molecule has 0 unspecified atom stereocenters. The number of carboxylic acid groups (broad SMARTS) is 1. The van der Waals surface area contributed by atoms with Crippen molar-refractivity contribution in [2.75, 3.05) is 0 Å². The zero-order valence-corrected chi connectivity index (χ0v) is 13.4. The van der Waals surface area contributed by atoms with Crippen LogP contribution >= 0.6 is 0 Å². The summed E-state index contributed by atoms with van der Waals surface area (Å²) in [5, 5.41) is 8.93. The van der Waals surface area contributed by atoms with Gasteiger partial charge in [-0.1, -0.05) is 24.3 Å². The molecule has 0 aliphatic rings. The molecule has 0 saturated heterocycles. The van der Waals surface area contributed by atoms with Gasteiger partial charge >= 0.3 is 5.97 Å². The third kappa shape index (κ3) is 3.74. The number of carbonyl (C=O) groups excluding carboxylic acids is 1. The van der Waals surface area contributed by atoms with Crippen molar-refractivity contribution < 1.29 is 14.7 Å². The van der Waals surface area contributed by atoms with Gasteiger partial charge in [0.25, 0.3) is 0 Å². The van der Waals surface area contributed by atoms with E-state index in [1.54, 1.807) is 29.4 Å². The van der Waals surface area contributed by atoms with Crippen LogP contribution in [0.5, 0.6) is 0 Å². The molecule has 1 atom stereocenters. The first-order valence-electron chi connectivity index (χ1n) is 7.74. The maximum absolute atomic E-state index is 11.5. The van der Waals surface area contributed by atoms with Crippen molar-refractivity contribution >= 4 is 11.9 Å². The van der Waals surface area contributed by atoms with Crippen LogP contribution in [0.3, 0.4) is 0 Å². The van der Waals surface area contributed by atoms with Crippen LogP contribution in [-0.2, 0) is 9.59 Å². The number of hydrogen-bond donors (Lipinski definition) is 2. The van der Waals surface area contributed by atoms with Crippen LogP contribution in [0, 0.1) is 0 Å². The van der Waals surface area contributed by atoms with Crippen molar-refractivity contribution in [3.05, 3.63) is 67.3 Å². The van der Waals surface area contributed by atoms with Crippen molar-refractivity contribution in [1.29, 1.82) is 0 Å². The van der Waals surface area contributed by atoms with Gasteiger partial charge in [-0.3, -0.25) is 14.6 Å². The molecule has 1 amide bonds. The predicted molar refractivity (Wildman–Crippen MR) is 93.6 cm³/mol. The van der Waals surface area contributed by atoms with Crippen LogP contribution in [0.2, 0.25) is 0 Å². The van der Waals surface area contributed by atoms with E-state index >= 15 is 0 Å². The van der Waals surface area contributed by atoms with Gasteiger partial charge in [0.2, 0.25) is 5.91 Å². The van der Waals surface area contributed by atoms with Crippen molar-refractivity contribution in [2.24, 2.45) is 5.73 Å². The molecule has 0 radical (unpaired) electrons. The summed E-state index contributed by atoms with van der Waals surface area (Å²) in [6, 6.07) is 12.8. The molecule has 0 spiro atoms. The fourth-order valence-corrected chi connectivity index (χ4v) is 2.70. The lowest BCUT2D eigenvalue weighted by molar-refractivity contribution is -0.140. The van der Waals surface area contributed by atoms with Gasteiger partial charge in [-0.25, -0.2) is 0 Å². The van der Waals surface area contributed by atoms with Crippen molar-refractivity contribution in [2.45, 2.75) is 12.5 Å². The van der Waals surface area contributed by atoms with Crippen LogP contribution in [-0.4, -0.2) is 26.5 Å². The van der Waals surface area contributed by atoms with Crippen LogP contribution in [0.25, 0.3) is 22.3 Å². The fraction of sp³-hybridized carbons (Fsp3) is 0.105. The molecule has 0 saturated carbocycles. The SMILES string of the molecule is NC(=O)[C@@H](CC(=O)O)n1ccc(-c2ccc(-c3ccncc3)cc2)c1. The zero-order chi connectivity index (χ0) is 17.8. The van der Waals surface area contributed by atoms with Gasteiger partial charge in [-0.05, 0) is 40.5 Å². The summed E-state index contributed by atoms with van der Waals surface area (Å²) in [5.74, 6) is -1.74. The molecule has 126 valence electrons. The van der Waals surface area contributed by atoms with E-state index in [1.165, 1.54) is 0 Å². The van der Waals surface area contributed by atoms with Gasteiger partial charge in [0.15, 0.2) is 0 Å². The van der Waals surface area contributed by atoms with Gasteiger partial charge in [-0.2, -0.15) is 0 Å². The second-order valence-electron chi connectivity index (χ2n) is 5.68. The number of nitrogens with zero attached hydrogens (tertiary/aromatic N) is 2. The maximum atomic E-state index is 11.5. The van der Waals surface area contributed by atoms with Gasteiger partial charge in [-0.15, -0.1) is 0 Å². The summed E-state index contributed by atoms with van der Waals surface area (Å²) in [4.78, 5) is 26.4. The monoisotopic (exact) mass is 335 g/mol. The third-order valence-corrected chi connectivity index (χ3v) is 4.00. The van der Waals surface area contributed by atoms with E-state index < -0.39 is 17.9 Å². The highest BCUT2D eigenvalue weighted by Gasteiger charge is 2.20. The highest BCUT2D eigenvalue weighted by Crippen LogP contribution is 2.26. The molecule has 3 aromatic rings. The Labute approximate surface area is 144 Å². The molecule has 0 fully saturated rings. The van der Waals surface area contributed by atoms with Crippen molar-refractivity contribution in [3.63, 3.8) is 0 Å². The van der Waals surface area contributed by atoms with E-state index in [2.05, 4.69) is 4.98 Å². The maximum Gasteiger partial charge on any atom is 0.306 e. The van der Waals surface area contributed by atoms with Gasteiger partial charge < -0.3 is 15.4 Å². The lowest BCUT2D eigenvalue weighted by Gasteiger charge is -2.12. The lowest BCUT2D eigenvalue weighted by Crippen LogP contribution is -2.27. The van der Waals surface area contributed by atoms with E-state index in [4.69, 9.17) is 10.8 Å². The molecule has 6 nitrogen and oxygen atoms in total. The number of benzene rings is 1. The largest absolute Gasteiger partial charge is 0.481 e. The molecule has 0 aliphatic heterocycles. The number of carbonyl (C=O) groups is 2. The Bertz CT molecular complexity index is 886. The Morgan fingerprint density at radius 2 is 1.52 bits per heavy atom. The minimum atomic E-state index is -1.07. The molecular formula is C19H17N3O3. The number of rotatable bonds is 6. The Kier molecular flexibility index (Phi) is 4.61. The summed E-state index contributed by atoms with van der Waals surface area (Å²) in [5.41, 5.74) is 9.33. The molecule has 3 rings (SSSR count). The van der Waals surface area contributed by atoms with E-state index in [9.17, 15) is 9.59 Å². The first-order chi connectivity index (χ1) is 12.0. The van der Waals surface area contributed by atoms with Gasteiger partial charge in [0.05, 0.1) is 6.42 Å². The topological polar surface area (TPSA) is 98.2 Å². The van der Waals surface area contributed by atoms with E-state index in [1.807, 2.05) is 42.5 Å². The number of amides is 1. The zero-order valence-electron chi connectivity index (χ0n) is 13.4. The average Bonchev–Trinajstić information content (AvgIpc) is 3.10. The molecular weight excluding hydrogens is 318 g/mol. The quantitative estimate of drug-likeness (QED) is 0.723. The molecule has 0 aliphatic carbocycles. The van der Waals surface area contributed by atoms with E-state index in [0.29, 0.717) is 0 Å². The number of primary amides is 1. The Hall–Kier alpha value is -3.41. The minimum absolute atomic E-state index is 0.343. The molecule has 1 aromatic carbocycles. The Balaban J connectivity index is 1.84. The summed E-state index contributed by atoms with van der Waals surface area (Å²) in [7, 11) is 0. The first-order valence-corrected chi connectivity index (χ1v) is 7.74. The van der Waals surface area contributed by atoms with Gasteiger partial charge in [0, 0.05) is 24.8 Å². The highest BCUT2D eigenvalue weighted by atomic mass is 16.4. The third-order valence-electron chi connectivity index (χ3n) is 4.00. The average molecular weight is 335 g/mol. The van der Waals surface area contributed by atoms with Crippen LogP contribution < -0.4 is 5.73 Å². The summed E-state index contributed by atoms with van der Waals surface area (Å²) < 4.78 is 1.54. The molecule has 2 aromatic heterocycles. The molecule has 25 heavy (non-hydrogen) atoms. The summed E-state index contributed by atoms with van der Waals surface area (Å²) >= 11 is 0. The van der Waals surface area contributed by atoms with E-state index in [-0.39, 0.29) is 6.42 Å². The second-order valence-corrected chi connectivity index (χ2v) is 5.68. The Morgan fingerprint density at radius 1 is 0.960 bits per heavy atom. The number of pyridine rings is 1. The van der Waals surface area contributed by atoms with Gasteiger partial charge in [0.1, 0.15) is 6.04 Å². The normalized spacial score (nSPS) is 11.8. The molecule has 6 heteroatoms. The molecule has 3 N–H and O–H groups in total. The minimum Gasteiger partial charge on any atom is -0.481 e. The summed E-state index contributed by atoms with van der Waals surface area (Å²) in [6.07, 6.45) is 6.56. The van der Waals surface area contributed by atoms with Crippen LogP contribution in [0.15, 0.2) is 67.3 Å². The van der Waals surface area contributed by atoms with Crippen molar-refractivity contribution in [1.82, 2.24) is 9.55 Å². The summed E-state index contributed by atoms with van der Waals surface area (Å²) in [6.45, 7) is 0.